The highest BCUT2D eigenvalue weighted by Gasteiger charge is 2.07. The maximum Gasteiger partial charge on any atom is 0.233 e. The van der Waals surface area contributed by atoms with Gasteiger partial charge in [-0.15, -0.1) is 0 Å². The van der Waals surface area contributed by atoms with Gasteiger partial charge in [0.2, 0.25) is 11.8 Å². The lowest BCUT2D eigenvalue weighted by Gasteiger charge is -2.04. The maximum atomic E-state index is 11.3. The summed E-state index contributed by atoms with van der Waals surface area (Å²) in [4.78, 5) is 22.2. The number of anilines is 1. The van der Waals surface area contributed by atoms with E-state index in [1.807, 2.05) is 19.1 Å². The lowest BCUT2D eigenvalue weighted by atomic mass is 10.2. The van der Waals surface area contributed by atoms with Crippen LogP contribution in [-0.2, 0) is 9.59 Å². The Labute approximate surface area is 88.7 Å². The SMILES string of the molecule is CNC(=O)CC(=O)Nc1ccc(C)cc1. The maximum absolute atomic E-state index is 11.3. The van der Waals surface area contributed by atoms with Gasteiger partial charge in [0.25, 0.3) is 0 Å². The standard InChI is InChI=1S/C11H14N2O2/c1-8-3-5-9(6-4-8)13-11(15)7-10(14)12-2/h3-6H,7H2,1-2H3,(H,12,14)(H,13,15). The van der Waals surface area contributed by atoms with Crippen LogP contribution in [0, 0.1) is 6.92 Å². The van der Waals surface area contributed by atoms with E-state index in [2.05, 4.69) is 10.6 Å². The Kier molecular flexibility index (Phi) is 3.85. The van der Waals surface area contributed by atoms with Gasteiger partial charge >= 0.3 is 0 Å². The monoisotopic (exact) mass is 206 g/mol. The Morgan fingerprint density at radius 3 is 2.27 bits per heavy atom. The van der Waals surface area contributed by atoms with Gasteiger partial charge in [-0.1, -0.05) is 17.7 Å². The zero-order valence-electron chi connectivity index (χ0n) is 8.83. The molecule has 0 aliphatic rings. The summed E-state index contributed by atoms with van der Waals surface area (Å²) >= 11 is 0. The highest BCUT2D eigenvalue weighted by Crippen LogP contribution is 2.08. The van der Waals surface area contributed by atoms with Crippen LogP contribution in [-0.4, -0.2) is 18.9 Å². The molecule has 0 unspecified atom stereocenters. The van der Waals surface area contributed by atoms with Crippen molar-refractivity contribution in [2.45, 2.75) is 13.3 Å². The van der Waals surface area contributed by atoms with E-state index in [0.29, 0.717) is 5.69 Å². The molecule has 4 heteroatoms. The molecule has 0 radical (unpaired) electrons. The van der Waals surface area contributed by atoms with Gasteiger partial charge in [0.05, 0.1) is 0 Å². The molecular weight excluding hydrogens is 192 g/mol. The van der Waals surface area contributed by atoms with Gasteiger partial charge in [-0.25, -0.2) is 0 Å². The summed E-state index contributed by atoms with van der Waals surface area (Å²) in [5, 5.41) is 5.03. The molecule has 4 nitrogen and oxygen atoms in total. The van der Waals surface area contributed by atoms with Gasteiger partial charge in [-0.3, -0.25) is 9.59 Å². The van der Waals surface area contributed by atoms with Crippen LogP contribution in [0.1, 0.15) is 12.0 Å². The second-order valence-corrected chi connectivity index (χ2v) is 3.26. The second kappa shape index (κ2) is 5.14. The molecule has 0 heterocycles. The van der Waals surface area contributed by atoms with Crippen LogP contribution in [0.25, 0.3) is 0 Å². The number of nitrogens with one attached hydrogen (secondary N) is 2. The fourth-order valence-corrected chi connectivity index (χ4v) is 1.08. The van der Waals surface area contributed by atoms with Crippen LogP contribution in [0.5, 0.6) is 0 Å². The summed E-state index contributed by atoms with van der Waals surface area (Å²) in [6.45, 7) is 1.97. The van der Waals surface area contributed by atoms with E-state index < -0.39 is 0 Å². The smallest absolute Gasteiger partial charge is 0.233 e. The van der Waals surface area contributed by atoms with Crippen molar-refractivity contribution in [3.05, 3.63) is 29.8 Å². The third-order valence-electron chi connectivity index (χ3n) is 1.94. The van der Waals surface area contributed by atoms with Crippen LogP contribution >= 0.6 is 0 Å². The number of hydrogen-bond acceptors (Lipinski definition) is 2. The summed E-state index contributed by atoms with van der Waals surface area (Å²) < 4.78 is 0. The molecule has 1 aromatic rings. The number of rotatable bonds is 3. The van der Waals surface area contributed by atoms with Crippen LogP contribution in [0.3, 0.4) is 0 Å². The Balaban J connectivity index is 2.51. The molecule has 0 aliphatic carbocycles. The van der Waals surface area contributed by atoms with Crippen molar-refractivity contribution in [1.29, 1.82) is 0 Å². The summed E-state index contributed by atoms with van der Waals surface area (Å²) in [5.41, 5.74) is 1.83. The quantitative estimate of drug-likeness (QED) is 0.727. The fraction of sp³-hybridized carbons (Fsp3) is 0.273. The van der Waals surface area contributed by atoms with Crippen LogP contribution in [0.4, 0.5) is 5.69 Å². The molecular formula is C11H14N2O2. The average Bonchev–Trinajstić information content (AvgIpc) is 2.21. The average molecular weight is 206 g/mol. The molecule has 0 aromatic heterocycles. The first-order chi connectivity index (χ1) is 7.11. The minimum atomic E-state index is -0.307. The van der Waals surface area contributed by atoms with Crippen LogP contribution in [0.15, 0.2) is 24.3 Å². The van der Waals surface area contributed by atoms with Crippen molar-refractivity contribution < 1.29 is 9.59 Å². The van der Waals surface area contributed by atoms with Crippen LogP contribution < -0.4 is 10.6 Å². The summed E-state index contributed by atoms with van der Waals surface area (Å²) in [6.07, 6.45) is -0.148. The molecule has 0 spiro atoms. The van der Waals surface area contributed by atoms with Gasteiger partial charge in [0.1, 0.15) is 6.42 Å². The first-order valence-electron chi connectivity index (χ1n) is 4.69. The number of benzene rings is 1. The van der Waals surface area contributed by atoms with E-state index in [1.54, 1.807) is 12.1 Å². The number of hydrogen-bond donors (Lipinski definition) is 2. The van der Waals surface area contributed by atoms with Gasteiger partial charge in [0, 0.05) is 12.7 Å². The van der Waals surface area contributed by atoms with E-state index in [9.17, 15) is 9.59 Å². The van der Waals surface area contributed by atoms with Crippen molar-refractivity contribution in [3.63, 3.8) is 0 Å². The molecule has 80 valence electrons. The summed E-state index contributed by atoms with van der Waals surface area (Å²) in [5.74, 6) is -0.599. The van der Waals surface area contributed by atoms with Crippen molar-refractivity contribution in [2.75, 3.05) is 12.4 Å². The highest BCUT2D eigenvalue weighted by molar-refractivity contribution is 6.03. The Morgan fingerprint density at radius 1 is 1.13 bits per heavy atom. The number of aryl methyl sites for hydroxylation is 1. The van der Waals surface area contributed by atoms with Crippen molar-refractivity contribution >= 4 is 17.5 Å². The van der Waals surface area contributed by atoms with Gasteiger partial charge in [-0.2, -0.15) is 0 Å². The molecule has 0 bridgehead atoms. The van der Waals surface area contributed by atoms with Gasteiger partial charge in [-0.05, 0) is 19.1 Å². The molecule has 1 aromatic carbocycles. The normalized spacial score (nSPS) is 9.47. The lowest BCUT2D eigenvalue weighted by molar-refractivity contribution is -0.126. The molecule has 0 saturated carbocycles. The third kappa shape index (κ3) is 3.81. The molecule has 0 aliphatic heterocycles. The van der Waals surface area contributed by atoms with E-state index in [1.165, 1.54) is 7.05 Å². The minimum absolute atomic E-state index is 0.148. The number of amides is 2. The molecule has 15 heavy (non-hydrogen) atoms. The first-order valence-corrected chi connectivity index (χ1v) is 4.69. The predicted molar refractivity (Wildman–Crippen MR) is 58.5 cm³/mol. The van der Waals surface area contributed by atoms with Gasteiger partial charge < -0.3 is 10.6 Å². The van der Waals surface area contributed by atoms with E-state index in [-0.39, 0.29) is 18.2 Å². The minimum Gasteiger partial charge on any atom is -0.359 e. The van der Waals surface area contributed by atoms with Crippen molar-refractivity contribution in [2.24, 2.45) is 0 Å². The first kappa shape index (κ1) is 11.2. The van der Waals surface area contributed by atoms with Crippen molar-refractivity contribution in [1.82, 2.24) is 5.32 Å². The summed E-state index contributed by atoms with van der Waals surface area (Å²) in [6, 6.07) is 7.40. The Bertz CT molecular complexity index is 357. The molecule has 2 amide bonds. The van der Waals surface area contributed by atoms with E-state index in [0.717, 1.165) is 5.56 Å². The molecule has 1 rings (SSSR count). The highest BCUT2D eigenvalue weighted by atomic mass is 16.2. The lowest BCUT2D eigenvalue weighted by Crippen LogP contribution is -2.24. The van der Waals surface area contributed by atoms with Crippen LogP contribution in [0.2, 0.25) is 0 Å². The summed E-state index contributed by atoms with van der Waals surface area (Å²) in [7, 11) is 1.50. The molecule has 0 atom stereocenters. The van der Waals surface area contributed by atoms with Gasteiger partial charge in [0.15, 0.2) is 0 Å². The zero-order valence-corrected chi connectivity index (χ0v) is 8.83. The third-order valence-corrected chi connectivity index (χ3v) is 1.94. The Hall–Kier alpha value is -1.84. The molecule has 2 N–H and O–H groups in total. The number of carbonyl (C=O) groups is 2. The number of carbonyl (C=O) groups excluding carboxylic acids is 2. The topological polar surface area (TPSA) is 58.2 Å². The largest absolute Gasteiger partial charge is 0.359 e. The van der Waals surface area contributed by atoms with Crippen molar-refractivity contribution in [3.8, 4) is 0 Å². The predicted octanol–water partition coefficient (Wildman–Crippen LogP) is 1.07. The Morgan fingerprint density at radius 2 is 1.73 bits per heavy atom. The fourth-order valence-electron chi connectivity index (χ4n) is 1.08. The van der Waals surface area contributed by atoms with E-state index in [4.69, 9.17) is 0 Å². The zero-order chi connectivity index (χ0) is 11.3. The molecule has 0 fully saturated rings. The second-order valence-electron chi connectivity index (χ2n) is 3.26. The van der Waals surface area contributed by atoms with E-state index >= 15 is 0 Å². The molecule has 0 saturated heterocycles.